The smallest absolute Gasteiger partial charge is 0.129 e. The summed E-state index contributed by atoms with van der Waals surface area (Å²) in [6.07, 6.45) is 5.26. The highest BCUT2D eigenvalue weighted by Gasteiger charge is 2.18. The van der Waals surface area contributed by atoms with E-state index in [1.54, 1.807) is 0 Å². The summed E-state index contributed by atoms with van der Waals surface area (Å²) in [5.74, 6) is 0.776. The summed E-state index contributed by atoms with van der Waals surface area (Å²) in [7, 11) is 0. The second-order valence-electron chi connectivity index (χ2n) is 5.89. The van der Waals surface area contributed by atoms with Crippen molar-refractivity contribution in [2.75, 3.05) is 0 Å². The predicted octanol–water partition coefficient (Wildman–Crippen LogP) is 4.11. The Morgan fingerprint density at radius 3 is 2.50 bits per heavy atom. The van der Waals surface area contributed by atoms with E-state index in [9.17, 15) is 4.39 Å². The van der Waals surface area contributed by atoms with Gasteiger partial charge in [-0.2, -0.15) is 0 Å². The third-order valence-electron chi connectivity index (χ3n) is 4.03. The van der Waals surface area contributed by atoms with Crippen molar-refractivity contribution in [3.8, 4) is 0 Å². The number of rotatable bonds is 3. The maximum absolute atomic E-state index is 13.5. The molecular formula is C16H24FN. The SMILES string of the molecule is Cc1cc(CNC2CCCC(C)C2)cc(C)c1F. The number of hydrogen-bond donors (Lipinski definition) is 1. The molecular weight excluding hydrogens is 225 g/mol. The summed E-state index contributed by atoms with van der Waals surface area (Å²) < 4.78 is 13.5. The van der Waals surface area contributed by atoms with Gasteiger partial charge in [0, 0.05) is 12.6 Å². The van der Waals surface area contributed by atoms with Gasteiger partial charge >= 0.3 is 0 Å². The highest BCUT2D eigenvalue weighted by Crippen LogP contribution is 2.24. The fraction of sp³-hybridized carbons (Fsp3) is 0.625. The summed E-state index contributed by atoms with van der Waals surface area (Å²) in [6, 6.07) is 4.56. The van der Waals surface area contributed by atoms with Gasteiger partial charge in [0.15, 0.2) is 0 Å². The van der Waals surface area contributed by atoms with E-state index in [1.165, 1.54) is 31.2 Å². The van der Waals surface area contributed by atoms with Gasteiger partial charge in [-0.25, -0.2) is 4.39 Å². The molecule has 0 bridgehead atoms. The van der Waals surface area contributed by atoms with Gasteiger partial charge in [-0.3, -0.25) is 0 Å². The molecule has 1 nitrogen and oxygen atoms in total. The first-order chi connectivity index (χ1) is 8.56. The molecule has 1 aromatic carbocycles. The lowest BCUT2D eigenvalue weighted by atomic mass is 9.87. The van der Waals surface area contributed by atoms with Crippen LogP contribution >= 0.6 is 0 Å². The van der Waals surface area contributed by atoms with Gasteiger partial charge in [0.05, 0.1) is 0 Å². The molecule has 1 saturated carbocycles. The van der Waals surface area contributed by atoms with E-state index < -0.39 is 0 Å². The van der Waals surface area contributed by atoms with Gasteiger partial charge in [-0.1, -0.05) is 31.9 Å². The van der Waals surface area contributed by atoms with E-state index in [1.807, 2.05) is 26.0 Å². The normalized spacial score (nSPS) is 24.2. The minimum absolute atomic E-state index is 0.0648. The van der Waals surface area contributed by atoms with Crippen LogP contribution in [0.15, 0.2) is 12.1 Å². The summed E-state index contributed by atoms with van der Waals surface area (Å²) >= 11 is 0. The highest BCUT2D eigenvalue weighted by molar-refractivity contribution is 5.30. The largest absolute Gasteiger partial charge is 0.310 e. The van der Waals surface area contributed by atoms with Gasteiger partial charge in [-0.05, 0) is 49.3 Å². The van der Waals surface area contributed by atoms with Gasteiger partial charge in [0.1, 0.15) is 5.82 Å². The summed E-state index contributed by atoms with van der Waals surface area (Å²) in [6.45, 7) is 6.88. The minimum atomic E-state index is -0.0648. The lowest BCUT2D eigenvalue weighted by molar-refractivity contribution is 0.300. The molecule has 1 aliphatic rings. The second-order valence-corrected chi connectivity index (χ2v) is 5.89. The van der Waals surface area contributed by atoms with Crippen molar-refractivity contribution >= 4 is 0 Å². The fourth-order valence-corrected chi connectivity index (χ4v) is 3.02. The standard InChI is InChI=1S/C16H24FN/c1-11-5-4-6-15(7-11)18-10-14-8-12(2)16(17)13(3)9-14/h8-9,11,15,18H,4-7,10H2,1-3H3. The molecule has 100 valence electrons. The van der Waals surface area contributed by atoms with E-state index >= 15 is 0 Å². The van der Waals surface area contributed by atoms with Crippen molar-refractivity contribution in [1.82, 2.24) is 5.32 Å². The average Bonchev–Trinajstić information content (AvgIpc) is 2.33. The summed E-state index contributed by atoms with van der Waals surface area (Å²) in [5, 5.41) is 3.62. The van der Waals surface area contributed by atoms with Crippen LogP contribution in [0.4, 0.5) is 4.39 Å². The van der Waals surface area contributed by atoms with E-state index in [2.05, 4.69) is 12.2 Å². The van der Waals surface area contributed by atoms with Crippen LogP contribution in [0.25, 0.3) is 0 Å². The van der Waals surface area contributed by atoms with Crippen molar-refractivity contribution in [3.63, 3.8) is 0 Å². The van der Waals surface area contributed by atoms with Gasteiger partial charge < -0.3 is 5.32 Å². The molecule has 0 aromatic heterocycles. The Kier molecular flexibility index (Phi) is 4.39. The Balaban J connectivity index is 1.94. The monoisotopic (exact) mass is 249 g/mol. The quantitative estimate of drug-likeness (QED) is 0.850. The Morgan fingerprint density at radius 1 is 1.22 bits per heavy atom. The average molecular weight is 249 g/mol. The van der Waals surface area contributed by atoms with Crippen molar-refractivity contribution < 1.29 is 4.39 Å². The number of benzene rings is 1. The number of hydrogen-bond acceptors (Lipinski definition) is 1. The lowest BCUT2D eigenvalue weighted by Gasteiger charge is -2.27. The van der Waals surface area contributed by atoms with Crippen LogP contribution in [-0.4, -0.2) is 6.04 Å². The highest BCUT2D eigenvalue weighted by atomic mass is 19.1. The van der Waals surface area contributed by atoms with Gasteiger partial charge in [-0.15, -0.1) is 0 Å². The molecule has 2 rings (SSSR count). The molecule has 0 heterocycles. The van der Waals surface area contributed by atoms with Gasteiger partial charge in [0.25, 0.3) is 0 Å². The molecule has 1 N–H and O–H groups in total. The molecule has 1 aromatic rings. The Hall–Kier alpha value is -0.890. The van der Waals surface area contributed by atoms with Crippen LogP contribution in [-0.2, 0) is 6.54 Å². The molecule has 1 fully saturated rings. The van der Waals surface area contributed by atoms with Crippen LogP contribution < -0.4 is 5.32 Å². The first kappa shape index (κ1) is 13.5. The lowest BCUT2D eigenvalue weighted by Crippen LogP contribution is -2.33. The molecule has 18 heavy (non-hydrogen) atoms. The Morgan fingerprint density at radius 2 is 1.89 bits per heavy atom. The molecule has 1 aliphatic carbocycles. The van der Waals surface area contributed by atoms with E-state index in [0.29, 0.717) is 6.04 Å². The van der Waals surface area contributed by atoms with E-state index in [0.717, 1.165) is 23.6 Å². The molecule has 0 spiro atoms. The topological polar surface area (TPSA) is 12.0 Å². The fourth-order valence-electron chi connectivity index (χ4n) is 3.02. The zero-order valence-corrected chi connectivity index (χ0v) is 11.7. The minimum Gasteiger partial charge on any atom is -0.310 e. The zero-order valence-electron chi connectivity index (χ0n) is 11.7. The third-order valence-corrected chi connectivity index (χ3v) is 4.03. The number of aryl methyl sites for hydroxylation is 2. The predicted molar refractivity (Wildman–Crippen MR) is 74.1 cm³/mol. The van der Waals surface area contributed by atoms with Crippen molar-refractivity contribution in [3.05, 3.63) is 34.6 Å². The van der Waals surface area contributed by atoms with E-state index in [-0.39, 0.29) is 5.82 Å². The van der Waals surface area contributed by atoms with Crippen LogP contribution in [0.2, 0.25) is 0 Å². The third kappa shape index (κ3) is 3.32. The molecule has 2 atom stereocenters. The zero-order chi connectivity index (χ0) is 13.1. The van der Waals surface area contributed by atoms with Crippen LogP contribution in [0.3, 0.4) is 0 Å². The molecule has 0 aliphatic heterocycles. The first-order valence-electron chi connectivity index (χ1n) is 7.05. The Bertz CT molecular complexity index is 391. The van der Waals surface area contributed by atoms with Crippen LogP contribution in [0.5, 0.6) is 0 Å². The number of nitrogens with one attached hydrogen (secondary N) is 1. The van der Waals surface area contributed by atoms with Crippen molar-refractivity contribution in [2.45, 2.75) is 59.0 Å². The molecule has 0 radical (unpaired) electrons. The Labute approximate surface area is 110 Å². The summed E-state index contributed by atoms with van der Waals surface area (Å²) in [5.41, 5.74) is 2.71. The second kappa shape index (κ2) is 5.83. The van der Waals surface area contributed by atoms with Crippen molar-refractivity contribution in [1.29, 1.82) is 0 Å². The maximum atomic E-state index is 13.5. The van der Waals surface area contributed by atoms with Crippen LogP contribution in [0, 0.1) is 25.6 Å². The molecule has 0 amide bonds. The first-order valence-corrected chi connectivity index (χ1v) is 7.05. The molecule has 2 heteroatoms. The number of halogens is 1. The molecule has 2 unspecified atom stereocenters. The summed E-state index contributed by atoms with van der Waals surface area (Å²) in [4.78, 5) is 0. The maximum Gasteiger partial charge on any atom is 0.129 e. The molecule has 0 saturated heterocycles. The van der Waals surface area contributed by atoms with Crippen LogP contribution in [0.1, 0.15) is 49.3 Å². The van der Waals surface area contributed by atoms with Crippen molar-refractivity contribution in [2.24, 2.45) is 5.92 Å². The van der Waals surface area contributed by atoms with E-state index in [4.69, 9.17) is 0 Å². The van der Waals surface area contributed by atoms with Gasteiger partial charge in [0.2, 0.25) is 0 Å².